The molecule has 0 heterocycles. The Balaban J connectivity index is 2.48. The van der Waals surface area contributed by atoms with E-state index >= 15 is 0 Å². The maximum absolute atomic E-state index is 6.30. The Morgan fingerprint density at radius 3 is 2.55 bits per heavy atom. The van der Waals surface area contributed by atoms with Crippen molar-refractivity contribution >= 4 is 0 Å². The first-order valence-corrected chi connectivity index (χ1v) is 8.13. The maximum atomic E-state index is 6.30. The van der Waals surface area contributed by atoms with Gasteiger partial charge in [0.05, 0.1) is 5.54 Å². The molecule has 112 valence electrons. The summed E-state index contributed by atoms with van der Waals surface area (Å²) in [6.07, 6.45) is 4.78. The van der Waals surface area contributed by atoms with Crippen LogP contribution in [0.3, 0.4) is 0 Å². The molecule has 2 N–H and O–H groups in total. The molecule has 0 amide bonds. The topological polar surface area (TPSA) is 29.3 Å². The van der Waals surface area contributed by atoms with Crippen molar-refractivity contribution in [3.8, 4) is 0 Å². The highest BCUT2D eigenvalue weighted by molar-refractivity contribution is 5.39. The van der Waals surface area contributed by atoms with Gasteiger partial charge in [0, 0.05) is 12.6 Å². The van der Waals surface area contributed by atoms with Gasteiger partial charge in [0.15, 0.2) is 0 Å². The molecule has 2 nitrogen and oxygen atoms in total. The van der Waals surface area contributed by atoms with Gasteiger partial charge >= 0.3 is 0 Å². The number of hydrogen-bond acceptors (Lipinski definition) is 2. The zero-order valence-electron chi connectivity index (χ0n) is 13.5. The zero-order valence-corrected chi connectivity index (χ0v) is 13.5. The standard InChI is InChI=1S/C18H30N2/c1-5-15(6-2)20(4)18(13-19)12-11-14(3)16-9-7-8-10-17(16)18/h7-10,14-15H,5-6,11-13,19H2,1-4H3. The van der Waals surface area contributed by atoms with Gasteiger partial charge in [0.1, 0.15) is 0 Å². The van der Waals surface area contributed by atoms with Gasteiger partial charge in [-0.3, -0.25) is 4.90 Å². The van der Waals surface area contributed by atoms with Crippen LogP contribution in [0.5, 0.6) is 0 Å². The summed E-state index contributed by atoms with van der Waals surface area (Å²) in [7, 11) is 2.28. The summed E-state index contributed by atoms with van der Waals surface area (Å²) < 4.78 is 0. The normalized spacial score (nSPS) is 26.1. The molecule has 2 heteroatoms. The molecule has 0 aliphatic heterocycles. The van der Waals surface area contributed by atoms with Crippen molar-refractivity contribution in [3.63, 3.8) is 0 Å². The monoisotopic (exact) mass is 274 g/mol. The van der Waals surface area contributed by atoms with E-state index in [4.69, 9.17) is 5.73 Å². The Hall–Kier alpha value is -0.860. The molecule has 2 unspecified atom stereocenters. The van der Waals surface area contributed by atoms with Crippen molar-refractivity contribution in [2.45, 2.75) is 64.0 Å². The second-order valence-corrected chi connectivity index (χ2v) is 6.34. The lowest BCUT2D eigenvalue weighted by Gasteiger charge is -2.49. The van der Waals surface area contributed by atoms with Gasteiger partial charge in [-0.1, -0.05) is 45.0 Å². The number of rotatable bonds is 5. The fraction of sp³-hybridized carbons (Fsp3) is 0.667. The molecule has 1 aromatic carbocycles. The highest BCUT2D eigenvalue weighted by Crippen LogP contribution is 2.44. The second kappa shape index (κ2) is 6.28. The summed E-state index contributed by atoms with van der Waals surface area (Å²) in [5.74, 6) is 0.654. The number of hydrogen-bond donors (Lipinski definition) is 1. The third kappa shape index (κ3) is 2.40. The molecule has 1 aliphatic carbocycles. The molecule has 1 aliphatic rings. The van der Waals surface area contributed by atoms with Crippen LogP contribution in [0.25, 0.3) is 0 Å². The van der Waals surface area contributed by atoms with E-state index in [0.29, 0.717) is 18.5 Å². The van der Waals surface area contributed by atoms with Crippen LogP contribution in [-0.4, -0.2) is 24.5 Å². The average Bonchev–Trinajstić information content (AvgIpc) is 2.49. The third-order valence-corrected chi connectivity index (χ3v) is 5.49. The summed E-state index contributed by atoms with van der Waals surface area (Å²) in [5, 5.41) is 0. The fourth-order valence-corrected chi connectivity index (χ4v) is 4.00. The quantitative estimate of drug-likeness (QED) is 0.883. The van der Waals surface area contributed by atoms with Crippen LogP contribution in [0.2, 0.25) is 0 Å². The number of nitrogens with zero attached hydrogens (tertiary/aromatic N) is 1. The first-order valence-electron chi connectivity index (χ1n) is 8.13. The van der Waals surface area contributed by atoms with Crippen LogP contribution in [0, 0.1) is 0 Å². The number of benzene rings is 1. The second-order valence-electron chi connectivity index (χ2n) is 6.34. The van der Waals surface area contributed by atoms with Crippen molar-refractivity contribution in [2.75, 3.05) is 13.6 Å². The van der Waals surface area contributed by atoms with Crippen molar-refractivity contribution in [2.24, 2.45) is 5.73 Å². The summed E-state index contributed by atoms with van der Waals surface area (Å²) in [4.78, 5) is 2.57. The lowest BCUT2D eigenvalue weighted by Crippen LogP contribution is -2.55. The van der Waals surface area contributed by atoms with Crippen LogP contribution >= 0.6 is 0 Å². The molecule has 0 aromatic heterocycles. The molecule has 0 spiro atoms. The molecule has 0 saturated carbocycles. The highest BCUT2D eigenvalue weighted by Gasteiger charge is 2.42. The van der Waals surface area contributed by atoms with Crippen LogP contribution in [0.15, 0.2) is 24.3 Å². The lowest BCUT2D eigenvalue weighted by molar-refractivity contribution is 0.0514. The Kier molecular flexibility index (Phi) is 4.87. The van der Waals surface area contributed by atoms with E-state index < -0.39 is 0 Å². The number of nitrogens with two attached hydrogens (primary N) is 1. The van der Waals surface area contributed by atoms with E-state index in [1.807, 2.05) is 0 Å². The van der Waals surface area contributed by atoms with Gasteiger partial charge in [0.2, 0.25) is 0 Å². The van der Waals surface area contributed by atoms with E-state index in [9.17, 15) is 0 Å². The summed E-state index contributed by atoms with van der Waals surface area (Å²) in [6, 6.07) is 9.54. The molecule has 2 rings (SSSR count). The molecule has 0 saturated heterocycles. The molecule has 2 atom stereocenters. The highest BCUT2D eigenvalue weighted by atomic mass is 15.2. The minimum atomic E-state index is 0.0276. The van der Waals surface area contributed by atoms with Crippen molar-refractivity contribution in [1.82, 2.24) is 4.90 Å². The molecular formula is C18H30N2. The van der Waals surface area contributed by atoms with Crippen molar-refractivity contribution in [3.05, 3.63) is 35.4 Å². The van der Waals surface area contributed by atoms with E-state index in [1.165, 1.54) is 36.8 Å². The molecule has 0 radical (unpaired) electrons. The molecule has 0 bridgehead atoms. The summed E-state index contributed by atoms with van der Waals surface area (Å²) >= 11 is 0. The van der Waals surface area contributed by atoms with Crippen molar-refractivity contribution < 1.29 is 0 Å². The minimum Gasteiger partial charge on any atom is -0.328 e. The van der Waals surface area contributed by atoms with Crippen LogP contribution in [0.4, 0.5) is 0 Å². The average molecular weight is 274 g/mol. The van der Waals surface area contributed by atoms with Crippen LogP contribution in [-0.2, 0) is 5.54 Å². The number of likely N-dealkylation sites (N-methyl/N-ethyl adjacent to an activating group) is 1. The zero-order chi connectivity index (χ0) is 14.8. The maximum Gasteiger partial charge on any atom is 0.0586 e. The Bertz CT molecular complexity index is 439. The minimum absolute atomic E-state index is 0.0276. The van der Waals surface area contributed by atoms with E-state index in [-0.39, 0.29) is 5.54 Å². The van der Waals surface area contributed by atoms with E-state index in [2.05, 4.69) is 57.0 Å². The fourth-order valence-electron chi connectivity index (χ4n) is 4.00. The van der Waals surface area contributed by atoms with E-state index in [1.54, 1.807) is 0 Å². The summed E-state index contributed by atoms with van der Waals surface area (Å²) in [5.41, 5.74) is 9.30. The Labute approximate surface area is 124 Å². The van der Waals surface area contributed by atoms with Gasteiger partial charge in [0.25, 0.3) is 0 Å². The predicted octanol–water partition coefficient (Wildman–Crippen LogP) is 3.86. The first-order chi connectivity index (χ1) is 9.60. The summed E-state index contributed by atoms with van der Waals surface area (Å²) in [6.45, 7) is 7.62. The van der Waals surface area contributed by atoms with Crippen LogP contribution < -0.4 is 5.73 Å². The Morgan fingerprint density at radius 2 is 1.95 bits per heavy atom. The molecule has 0 fully saturated rings. The van der Waals surface area contributed by atoms with Gasteiger partial charge in [-0.25, -0.2) is 0 Å². The van der Waals surface area contributed by atoms with Crippen molar-refractivity contribution in [1.29, 1.82) is 0 Å². The molecule has 1 aromatic rings. The number of fused-ring (bicyclic) bond motifs is 1. The molecular weight excluding hydrogens is 244 g/mol. The smallest absolute Gasteiger partial charge is 0.0586 e. The van der Waals surface area contributed by atoms with Crippen LogP contribution in [0.1, 0.15) is 63.5 Å². The lowest BCUT2D eigenvalue weighted by atomic mass is 9.71. The Morgan fingerprint density at radius 1 is 1.30 bits per heavy atom. The van der Waals surface area contributed by atoms with Gasteiger partial charge < -0.3 is 5.73 Å². The van der Waals surface area contributed by atoms with Gasteiger partial charge in [-0.05, 0) is 49.8 Å². The first kappa shape index (κ1) is 15.5. The molecule has 20 heavy (non-hydrogen) atoms. The third-order valence-electron chi connectivity index (χ3n) is 5.49. The predicted molar refractivity (Wildman–Crippen MR) is 87.0 cm³/mol. The SMILES string of the molecule is CCC(CC)N(C)C1(CN)CCC(C)c2ccccc21. The van der Waals surface area contributed by atoms with Gasteiger partial charge in [-0.15, -0.1) is 0 Å². The van der Waals surface area contributed by atoms with E-state index in [0.717, 1.165) is 0 Å². The largest absolute Gasteiger partial charge is 0.328 e. The van der Waals surface area contributed by atoms with Gasteiger partial charge in [-0.2, -0.15) is 0 Å².